The van der Waals surface area contributed by atoms with Crippen molar-refractivity contribution in [2.24, 2.45) is 5.73 Å². The van der Waals surface area contributed by atoms with Gasteiger partial charge in [-0.05, 0) is 51.4 Å². The van der Waals surface area contributed by atoms with E-state index in [0.717, 1.165) is 51.4 Å². The van der Waals surface area contributed by atoms with Crippen molar-refractivity contribution in [2.45, 2.75) is 148 Å². The average molecular weight is 740 g/mol. The molecule has 0 heterocycles. The van der Waals surface area contributed by atoms with E-state index in [1.54, 1.807) is 0 Å². The molecule has 0 saturated carbocycles. The zero-order chi connectivity index (χ0) is 37.8. The summed E-state index contributed by atoms with van der Waals surface area (Å²) in [6.45, 7) is 2.58. The quantitative estimate of drug-likeness (QED) is 0.0249. The highest BCUT2D eigenvalue weighted by molar-refractivity contribution is 7.47. The number of phosphoric acid groups is 1. The second kappa shape index (κ2) is 34.3. The molecule has 292 valence electrons. The molecule has 0 radical (unpaired) electrons. The molecule has 11 nitrogen and oxygen atoms in total. The smallest absolute Gasteiger partial charge is 0.472 e. The van der Waals surface area contributed by atoms with Crippen LogP contribution in [0.4, 0.5) is 0 Å². The number of carbonyl (C=O) groups excluding carboxylic acids is 2. The number of carboxylic acid groups (broad SMARTS) is 1. The van der Waals surface area contributed by atoms with Crippen LogP contribution in [-0.4, -0.2) is 59.9 Å². The molecule has 1 unspecified atom stereocenters. The summed E-state index contributed by atoms with van der Waals surface area (Å²) < 4.78 is 32.4. The molecule has 0 aliphatic heterocycles. The Hall–Kier alpha value is -2.82. The molecule has 0 saturated heterocycles. The van der Waals surface area contributed by atoms with Gasteiger partial charge in [0.2, 0.25) is 0 Å². The van der Waals surface area contributed by atoms with E-state index in [4.69, 9.17) is 24.8 Å². The Kier molecular flexibility index (Phi) is 32.4. The molecule has 4 N–H and O–H groups in total. The number of ether oxygens (including phenoxy) is 2. The van der Waals surface area contributed by atoms with Gasteiger partial charge >= 0.3 is 25.7 Å². The maximum atomic E-state index is 12.5. The van der Waals surface area contributed by atoms with Crippen molar-refractivity contribution in [2.75, 3.05) is 19.8 Å². The number of rotatable bonds is 34. The molecule has 0 aliphatic rings. The lowest BCUT2D eigenvalue weighted by molar-refractivity contribution is -0.161. The lowest BCUT2D eigenvalue weighted by Gasteiger charge is -2.20. The van der Waals surface area contributed by atoms with Crippen LogP contribution in [0.3, 0.4) is 0 Å². The van der Waals surface area contributed by atoms with Crippen molar-refractivity contribution in [1.82, 2.24) is 0 Å². The molecule has 0 amide bonds. The van der Waals surface area contributed by atoms with Crippen molar-refractivity contribution in [3.05, 3.63) is 60.8 Å². The monoisotopic (exact) mass is 739 g/mol. The summed E-state index contributed by atoms with van der Waals surface area (Å²) in [6, 6.07) is -1.53. The van der Waals surface area contributed by atoms with Crippen LogP contribution in [0.2, 0.25) is 0 Å². The van der Waals surface area contributed by atoms with E-state index in [9.17, 15) is 23.8 Å². The largest absolute Gasteiger partial charge is 0.480 e. The van der Waals surface area contributed by atoms with Crippen LogP contribution >= 0.6 is 7.82 Å². The van der Waals surface area contributed by atoms with E-state index < -0.39 is 51.1 Å². The standard InChI is InChI=1S/C39H66NO10P/c1-3-5-7-9-11-13-15-16-17-18-19-20-21-23-25-27-29-31-38(42)50-35(33-48-51(45,46)49-34-36(40)39(43)44)32-47-37(41)30-28-26-24-22-14-12-10-8-6-4-2/h5,7,11,13,16-17,19-20,23,25,35-36H,3-4,6,8-10,12,14-15,18,21-22,24,26-34,40H2,1-2H3,(H,43,44)(H,45,46)/b7-5+,13-11+,17-16+,20-19+,25-23+/t35-,36-/m0/s1. The molecular weight excluding hydrogens is 673 g/mol. The average Bonchev–Trinajstić information content (AvgIpc) is 3.10. The number of hydrogen-bond donors (Lipinski definition) is 3. The zero-order valence-electron chi connectivity index (χ0n) is 31.2. The molecule has 0 aromatic rings. The van der Waals surface area contributed by atoms with E-state index in [0.29, 0.717) is 19.3 Å². The molecule has 3 atom stereocenters. The summed E-state index contributed by atoms with van der Waals surface area (Å²) >= 11 is 0. The zero-order valence-corrected chi connectivity index (χ0v) is 32.1. The first kappa shape index (κ1) is 48.2. The van der Waals surface area contributed by atoms with E-state index >= 15 is 0 Å². The Balaban J connectivity index is 4.56. The highest BCUT2D eigenvalue weighted by atomic mass is 31.2. The first-order valence-corrected chi connectivity index (χ1v) is 20.3. The van der Waals surface area contributed by atoms with E-state index in [-0.39, 0.29) is 19.4 Å². The fraction of sp³-hybridized carbons (Fsp3) is 0.667. The fourth-order valence-corrected chi connectivity index (χ4v) is 5.35. The molecule has 0 rings (SSSR count). The molecule has 0 aliphatic carbocycles. The van der Waals surface area contributed by atoms with Crippen LogP contribution in [-0.2, 0) is 37.5 Å². The highest BCUT2D eigenvalue weighted by Crippen LogP contribution is 2.43. The molecule has 51 heavy (non-hydrogen) atoms. The summed E-state index contributed by atoms with van der Waals surface area (Å²) in [7, 11) is -4.72. The lowest BCUT2D eigenvalue weighted by atomic mass is 10.1. The van der Waals surface area contributed by atoms with Crippen molar-refractivity contribution in [1.29, 1.82) is 0 Å². The number of carboxylic acids is 1. The van der Waals surface area contributed by atoms with Crippen LogP contribution < -0.4 is 5.73 Å². The van der Waals surface area contributed by atoms with Gasteiger partial charge in [0, 0.05) is 12.8 Å². The minimum atomic E-state index is -4.72. The van der Waals surface area contributed by atoms with E-state index in [2.05, 4.69) is 67.0 Å². The molecule has 0 fully saturated rings. The molecule has 0 bridgehead atoms. The molecule has 0 aromatic carbocycles. The normalized spacial score (nSPS) is 14.6. The maximum Gasteiger partial charge on any atom is 0.472 e. The Bertz CT molecular complexity index is 1100. The van der Waals surface area contributed by atoms with Gasteiger partial charge in [-0.15, -0.1) is 0 Å². The predicted octanol–water partition coefficient (Wildman–Crippen LogP) is 9.22. The van der Waals surface area contributed by atoms with Gasteiger partial charge in [0.25, 0.3) is 0 Å². The SMILES string of the molecule is CC/C=C/C/C=C/C/C=C/C/C=C/C/C=C/CCCC(=O)O[C@@H](COC(=O)CCCCCCCCCCCC)COP(=O)(O)OC[C@H](N)C(=O)O. The third-order valence-electron chi connectivity index (χ3n) is 7.53. The topological polar surface area (TPSA) is 172 Å². The summed E-state index contributed by atoms with van der Waals surface area (Å²) in [5.74, 6) is -2.46. The number of nitrogens with two attached hydrogens (primary N) is 1. The van der Waals surface area contributed by atoms with Gasteiger partial charge < -0.3 is 25.2 Å². The van der Waals surface area contributed by atoms with Gasteiger partial charge in [-0.1, -0.05) is 132 Å². The minimum Gasteiger partial charge on any atom is -0.480 e. The van der Waals surface area contributed by atoms with Crippen molar-refractivity contribution in [3.8, 4) is 0 Å². The Morgan fingerprint density at radius 1 is 0.627 bits per heavy atom. The molecular formula is C39H66NO10P. The minimum absolute atomic E-state index is 0.0815. The number of esters is 2. The number of phosphoric ester groups is 1. The summed E-state index contributed by atoms with van der Waals surface area (Å²) in [5, 5.41) is 8.85. The molecule has 0 spiro atoms. The van der Waals surface area contributed by atoms with Crippen LogP contribution in [0.1, 0.15) is 136 Å². The predicted molar refractivity (Wildman–Crippen MR) is 203 cm³/mol. The second-order valence-electron chi connectivity index (χ2n) is 12.3. The number of aliphatic carboxylic acids is 1. The van der Waals surface area contributed by atoms with Crippen molar-refractivity contribution < 1.29 is 47.5 Å². The Labute approximate surface area is 307 Å². The van der Waals surface area contributed by atoms with Crippen LogP contribution in [0.15, 0.2) is 60.8 Å². The second-order valence-corrected chi connectivity index (χ2v) is 13.8. The number of unbranched alkanes of at least 4 members (excludes halogenated alkanes) is 10. The number of carbonyl (C=O) groups is 3. The van der Waals surface area contributed by atoms with E-state index in [1.165, 1.54) is 38.5 Å². The van der Waals surface area contributed by atoms with Gasteiger partial charge in [-0.2, -0.15) is 0 Å². The number of hydrogen-bond acceptors (Lipinski definition) is 9. The Morgan fingerprint density at radius 3 is 1.63 bits per heavy atom. The van der Waals surface area contributed by atoms with Gasteiger partial charge in [0.05, 0.1) is 13.2 Å². The lowest BCUT2D eigenvalue weighted by Crippen LogP contribution is -2.34. The summed E-state index contributed by atoms with van der Waals surface area (Å²) in [4.78, 5) is 45.7. The van der Waals surface area contributed by atoms with Crippen molar-refractivity contribution >= 4 is 25.7 Å². The van der Waals surface area contributed by atoms with Gasteiger partial charge in [0.1, 0.15) is 12.6 Å². The molecule has 12 heteroatoms. The van der Waals surface area contributed by atoms with Gasteiger partial charge in [-0.25, -0.2) is 4.57 Å². The van der Waals surface area contributed by atoms with Crippen LogP contribution in [0.5, 0.6) is 0 Å². The first-order chi connectivity index (χ1) is 24.6. The summed E-state index contributed by atoms with van der Waals surface area (Å²) in [6.07, 6.45) is 37.3. The Morgan fingerprint density at radius 2 is 1.10 bits per heavy atom. The number of allylic oxidation sites excluding steroid dienone is 10. The third-order valence-corrected chi connectivity index (χ3v) is 8.48. The molecule has 0 aromatic heterocycles. The van der Waals surface area contributed by atoms with Crippen LogP contribution in [0.25, 0.3) is 0 Å². The van der Waals surface area contributed by atoms with E-state index in [1.807, 2.05) is 12.2 Å². The summed E-state index contributed by atoms with van der Waals surface area (Å²) in [5.41, 5.74) is 5.31. The first-order valence-electron chi connectivity index (χ1n) is 18.8. The van der Waals surface area contributed by atoms with Crippen LogP contribution in [0, 0.1) is 0 Å². The van der Waals surface area contributed by atoms with Crippen molar-refractivity contribution in [3.63, 3.8) is 0 Å². The van der Waals surface area contributed by atoms with Gasteiger partial charge in [-0.3, -0.25) is 23.4 Å². The fourth-order valence-electron chi connectivity index (χ4n) is 4.57. The van der Waals surface area contributed by atoms with Gasteiger partial charge in [0.15, 0.2) is 6.10 Å². The highest BCUT2D eigenvalue weighted by Gasteiger charge is 2.28. The third kappa shape index (κ3) is 34.1. The maximum absolute atomic E-state index is 12.5.